The molecule has 0 aliphatic heterocycles. The third-order valence-electron chi connectivity index (χ3n) is 4.00. The monoisotopic (exact) mass is 350 g/mol. The van der Waals surface area contributed by atoms with Crippen molar-refractivity contribution in [2.75, 3.05) is 23.7 Å². The summed E-state index contributed by atoms with van der Waals surface area (Å²) in [5, 5.41) is 17.0. The maximum atomic E-state index is 11.9. The van der Waals surface area contributed by atoms with Gasteiger partial charge in [0.2, 0.25) is 0 Å². The second-order valence-corrected chi connectivity index (χ2v) is 5.97. The van der Waals surface area contributed by atoms with Crippen LogP contribution in [-0.2, 0) is 0 Å². The number of hydrogen-bond donors (Lipinski definition) is 3. The summed E-state index contributed by atoms with van der Waals surface area (Å²) in [6, 6.07) is 13.2. The number of nitrogens with zero attached hydrogens (tertiary/aromatic N) is 3. The summed E-state index contributed by atoms with van der Waals surface area (Å²) in [5.74, 6) is 1.42. The molecule has 0 unspecified atom stereocenters. The summed E-state index contributed by atoms with van der Waals surface area (Å²) in [6.45, 7) is 5.08. The van der Waals surface area contributed by atoms with Crippen molar-refractivity contribution in [3.63, 3.8) is 0 Å². The Balaban J connectivity index is 1.40. The Morgan fingerprint density at radius 1 is 1.00 bits per heavy atom. The van der Waals surface area contributed by atoms with E-state index in [1.807, 2.05) is 73.3 Å². The molecule has 7 nitrogen and oxygen atoms in total. The predicted octanol–water partition coefficient (Wildman–Crippen LogP) is 3.12. The van der Waals surface area contributed by atoms with Crippen LogP contribution in [0.2, 0.25) is 0 Å². The molecule has 0 bridgehead atoms. The van der Waals surface area contributed by atoms with E-state index in [1.54, 1.807) is 0 Å². The Morgan fingerprint density at radius 3 is 2.50 bits per heavy atom. The number of anilines is 2. The molecule has 0 spiro atoms. The van der Waals surface area contributed by atoms with E-state index in [0.717, 1.165) is 17.1 Å². The molecule has 3 aromatic rings. The van der Waals surface area contributed by atoms with E-state index in [9.17, 15) is 4.79 Å². The highest BCUT2D eigenvalue weighted by Crippen LogP contribution is 2.13. The predicted molar refractivity (Wildman–Crippen MR) is 103 cm³/mol. The zero-order valence-corrected chi connectivity index (χ0v) is 14.9. The van der Waals surface area contributed by atoms with Gasteiger partial charge in [0.15, 0.2) is 5.82 Å². The lowest BCUT2D eigenvalue weighted by atomic mass is 10.1. The van der Waals surface area contributed by atoms with Crippen LogP contribution in [-0.4, -0.2) is 33.9 Å². The second-order valence-electron chi connectivity index (χ2n) is 5.97. The Labute approximate surface area is 152 Å². The Morgan fingerprint density at radius 2 is 1.81 bits per heavy atom. The molecular weight excluding hydrogens is 328 g/mol. The van der Waals surface area contributed by atoms with E-state index >= 15 is 0 Å². The number of urea groups is 1. The van der Waals surface area contributed by atoms with E-state index < -0.39 is 0 Å². The maximum Gasteiger partial charge on any atom is 0.319 e. The number of benzene rings is 1. The van der Waals surface area contributed by atoms with Gasteiger partial charge in [0.1, 0.15) is 5.82 Å². The summed E-state index contributed by atoms with van der Waals surface area (Å²) in [5.41, 5.74) is 3.13. The molecule has 2 amide bonds. The molecule has 0 fully saturated rings. The Bertz CT molecular complexity index is 858. The number of carbonyl (C=O) groups excluding carboxylic acids is 1. The molecule has 0 atom stereocenters. The van der Waals surface area contributed by atoms with Gasteiger partial charge in [-0.05, 0) is 61.4 Å². The highest BCUT2D eigenvalue weighted by Gasteiger charge is 2.03. The third kappa shape index (κ3) is 4.60. The molecule has 7 heteroatoms. The topological polar surface area (TPSA) is 83.9 Å². The summed E-state index contributed by atoms with van der Waals surface area (Å²) < 4.78 is 1.88. The van der Waals surface area contributed by atoms with Gasteiger partial charge in [-0.15, -0.1) is 10.2 Å². The Hall–Kier alpha value is -3.35. The SMILES string of the molecule is Cc1ccc(NC(=O)NCCNc2ccc(-n3cccc3)nn2)cc1C. The van der Waals surface area contributed by atoms with Crippen molar-refractivity contribution in [1.82, 2.24) is 20.1 Å². The molecule has 3 N–H and O–H groups in total. The lowest BCUT2D eigenvalue weighted by Gasteiger charge is -2.10. The average molecular weight is 350 g/mol. The zero-order valence-electron chi connectivity index (χ0n) is 14.9. The molecule has 0 aliphatic rings. The minimum atomic E-state index is -0.232. The van der Waals surface area contributed by atoms with Gasteiger partial charge < -0.3 is 20.5 Å². The average Bonchev–Trinajstić information content (AvgIpc) is 3.17. The lowest BCUT2D eigenvalue weighted by Crippen LogP contribution is -2.32. The van der Waals surface area contributed by atoms with Gasteiger partial charge in [-0.1, -0.05) is 6.07 Å². The van der Waals surface area contributed by atoms with Crippen LogP contribution < -0.4 is 16.0 Å². The minimum Gasteiger partial charge on any atom is -0.367 e. The quantitative estimate of drug-likeness (QED) is 0.597. The number of nitrogens with one attached hydrogen (secondary N) is 3. The number of hydrogen-bond acceptors (Lipinski definition) is 4. The first-order valence-electron chi connectivity index (χ1n) is 8.45. The van der Waals surface area contributed by atoms with Crippen molar-refractivity contribution in [3.05, 3.63) is 66.0 Å². The van der Waals surface area contributed by atoms with Crippen molar-refractivity contribution >= 4 is 17.5 Å². The van der Waals surface area contributed by atoms with Crippen LogP contribution in [0.3, 0.4) is 0 Å². The smallest absolute Gasteiger partial charge is 0.319 e. The van der Waals surface area contributed by atoms with Crippen LogP contribution in [0, 0.1) is 13.8 Å². The fraction of sp³-hybridized carbons (Fsp3) is 0.211. The number of carbonyl (C=O) groups is 1. The van der Waals surface area contributed by atoms with Gasteiger partial charge in [0.05, 0.1) is 0 Å². The van der Waals surface area contributed by atoms with Crippen LogP contribution in [0.5, 0.6) is 0 Å². The summed E-state index contributed by atoms with van der Waals surface area (Å²) in [4.78, 5) is 11.9. The fourth-order valence-electron chi connectivity index (χ4n) is 2.41. The first kappa shape index (κ1) is 17.5. The molecule has 0 radical (unpaired) electrons. The zero-order chi connectivity index (χ0) is 18.4. The van der Waals surface area contributed by atoms with Crippen molar-refractivity contribution in [2.24, 2.45) is 0 Å². The number of aromatic nitrogens is 3. The molecule has 0 aliphatic carbocycles. The highest BCUT2D eigenvalue weighted by atomic mass is 16.2. The van der Waals surface area contributed by atoms with E-state index in [1.165, 1.54) is 5.56 Å². The first-order chi connectivity index (χ1) is 12.6. The summed E-state index contributed by atoms with van der Waals surface area (Å²) in [6.07, 6.45) is 3.82. The van der Waals surface area contributed by atoms with Crippen LogP contribution in [0.4, 0.5) is 16.3 Å². The molecule has 0 saturated heterocycles. The largest absolute Gasteiger partial charge is 0.367 e. The van der Waals surface area contributed by atoms with E-state index in [2.05, 4.69) is 26.1 Å². The van der Waals surface area contributed by atoms with Gasteiger partial charge in [-0.3, -0.25) is 0 Å². The standard InChI is InChI=1S/C19H22N6O/c1-14-5-6-16(13-15(14)2)22-19(26)21-10-9-20-17-7-8-18(24-23-17)25-11-3-4-12-25/h3-8,11-13H,9-10H2,1-2H3,(H,20,23)(H2,21,22,26). The molecule has 26 heavy (non-hydrogen) atoms. The molecular formula is C19H22N6O. The van der Waals surface area contributed by atoms with Gasteiger partial charge in [0.25, 0.3) is 0 Å². The molecule has 2 aromatic heterocycles. The van der Waals surface area contributed by atoms with Crippen molar-refractivity contribution in [3.8, 4) is 5.82 Å². The van der Waals surface area contributed by atoms with Gasteiger partial charge >= 0.3 is 6.03 Å². The molecule has 1 aromatic carbocycles. The third-order valence-corrected chi connectivity index (χ3v) is 4.00. The van der Waals surface area contributed by atoms with E-state index in [-0.39, 0.29) is 6.03 Å². The summed E-state index contributed by atoms with van der Waals surface area (Å²) >= 11 is 0. The van der Waals surface area contributed by atoms with Crippen LogP contribution >= 0.6 is 0 Å². The van der Waals surface area contributed by atoms with Gasteiger partial charge in [-0.25, -0.2) is 4.79 Å². The van der Waals surface area contributed by atoms with Crippen LogP contribution in [0.15, 0.2) is 54.9 Å². The van der Waals surface area contributed by atoms with Gasteiger partial charge in [-0.2, -0.15) is 0 Å². The fourth-order valence-corrected chi connectivity index (χ4v) is 2.41. The van der Waals surface area contributed by atoms with Crippen molar-refractivity contribution in [2.45, 2.75) is 13.8 Å². The van der Waals surface area contributed by atoms with Crippen molar-refractivity contribution in [1.29, 1.82) is 0 Å². The molecule has 134 valence electrons. The molecule has 3 rings (SSSR count). The Kier molecular flexibility index (Phi) is 5.48. The second kappa shape index (κ2) is 8.15. The molecule has 2 heterocycles. The lowest BCUT2D eigenvalue weighted by molar-refractivity contribution is 0.252. The number of aryl methyl sites for hydroxylation is 2. The maximum absolute atomic E-state index is 11.9. The van der Waals surface area contributed by atoms with Crippen molar-refractivity contribution < 1.29 is 4.79 Å². The normalized spacial score (nSPS) is 10.4. The van der Waals surface area contributed by atoms with E-state index in [0.29, 0.717) is 18.9 Å². The minimum absolute atomic E-state index is 0.232. The summed E-state index contributed by atoms with van der Waals surface area (Å²) in [7, 11) is 0. The van der Waals surface area contributed by atoms with Crippen LogP contribution in [0.1, 0.15) is 11.1 Å². The number of amides is 2. The first-order valence-corrected chi connectivity index (χ1v) is 8.45. The highest BCUT2D eigenvalue weighted by molar-refractivity contribution is 5.89. The molecule has 0 saturated carbocycles. The number of rotatable bonds is 6. The van der Waals surface area contributed by atoms with Gasteiger partial charge in [0, 0.05) is 31.2 Å². The van der Waals surface area contributed by atoms with E-state index in [4.69, 9.17) is 0 Å². The van der Waals surface area contributed by atoms with Crippen LogP contribution in [0.25, 0.3) is 5.82 Å².